The van der Waals surface area contributed by atoms with Crippen LogP contribution in [0.4, 0.5) is 0 Å². The summed E-state index contributed by atoms with van der Waals surface area (Å²) in [6, 6.07) is 9.93. The molecule has 0 saturated carbocycles. The van der Waals surface area contributed by atoms with E-state index in [4.69, 9.17) is 21.3 Å². The van der Waals surface area contributed by atoms with Crippen molar-refractivity contribution in [2.24, 2.45) is 5.92 Å². The molecule has 2 saturated heterocycles. The first-order chi connectivity index (χ1) is 12.8. The topological polar surface area (TPSA) is 51.5 Å². The van der Waals surface area contributed by atoms with Crippen molar-refractivity contribution in [2.45, 2.75) is 31.5 Å². The first kappa shape index (κ1) is 16.2. The molecular weight excluding hydrogens is 348 g/mol. The smallest absolute Gasteiger partial charge is 0.137 e. The van der Waals surface area contributed by atoms with Gasteiger partial charge in [-0.3, -0.25) is 9.38 Å². The Balaban J connectivity index is 1.39. The number of nitrogens with one attached hydrogen (secondary N) is 1. The van der Waals surface area contributed by atoms with Gasteiger partial charge in [0.1, 0.15) is 5.65 Å². The quantitative estimate of drug-likeness (QED) is 0.770. The van der Waals surface area contributed by atoms with Gasteiger partial charge in [-0.2, -0.15) is 0 Å². The molecule has 1 N–H and O–H groups in total. The van der Waals surface area contributed by atoms with E-state index in [0.29, 0.717) is 17.0 Å². The van der Waals surface area contributed by atoms with Crippen LogP contribution in [0.15, 0.2) is 42.7 Å². The number of nitrogens with zero attached hydrogens (tertiary/aromatic N) is 3. The molecule has 2 aliphatic heterocycles. The predicted molar refractivity (Wildman–Crippen MR) is 101 cm³/mol. The number of rotatable bonds is 3. The van der Waals surface area contributed by atoms with Crippen LogP contribution in [-0.2, 0) is 11.2 Å². The maximum Gasteiger partial charge on any atom is 0.137 e. The van der Waals surface area contributed by atoms with Crippen molar-refractivity contribution in [1.82, 2.24) is 19.7 Å². The van der Waals surface area contributed by atoms with Crippen molar-refractivity contribution >= 4 is 17.2 Å². The number of halogens is 1. The van der Waals surface area contributed by atoms with Crippen LogP contribution in [0.5, 0.6) is 0 Å². The van der Waals surface area contributed by atoms with E-state index in [9.17, 15) is 0 Å². The molecule has 5 heterocycles. The second-order valence-electron chi connectivity index (χ2n) is 7.22. The Labute approximate surface area is 157 Å². The Kier molecular flexibility index (Phi) is 4.15. The van der Waals surface area contributed by atoms with Crippen molar-refractivity contribution in [2.75, 3.05) is 13.1 Å². The zero-order valence-corrected chi connectivity index (χ0v) is 15.2. The Morgan fingerprint density at radius 1 is 1.27 bits per heavy atom. The Hall–Kier alpha value is -1.95. The molecule has 0 radical (unpaired) electrons. The Bertz CT molecular complexity index is 926. The third-order valence-corrected chi connectivity index (χ3v) is 5.67. The largest absolute Gasteiger partial charge is 0.374 e. The fraction of sp³-hybridized carbons (Fsp3) is 0.400. The van der Waals surface area contributed by atoms with Crippen molar-refractivity contribution in [3.05, 3.63) is 53.4 Å². The number of fused-ring (bicyclic) bond motifs is 2. The molecule has 3 atom stereocenters. The molecule has 3 aromatic rings. The molecule has 0 spiro atoms. The lowest BCUT2D eigenvalue weighted by Crippen LogP contribution is -2.37. The molecule has 5 nitrogen and oxygen atoms in total. The summed E-state index contributed by atoms with van der Waals surface area (Å²) in [4.78, 5) is 9.33. The van der Waals surface area contributed by atoms with Crippen molar-refractivity contribution in [3.63, 3.8) is 0 Å². The van der Waals surface area contributed by atoms with Crippen LogP contribution < -0.4 is 5.32 Å². The number of piperidine rings is 1. The van der Waals surface area contributed by atoms with Crippen LogP contribution in [0.3, 0.4) is 0 Å². The SMILES string of the molecule is Clc1ccc2ncc(-c3cccc(CC4CC5CNCCC5O4)n3)n2c1. The third-order valence-electron chi connectivity index (χ3n) is 5.45. The number of aromatic nitrogens is 3. The highest BCUT2D eigenvalue weighted by molar-refractivity contribution is 6.30. The molecular formula is C20H21ClN4O. The summed E-state index contributed by atoms with van der Waals surface area (Å²) < 4.78 is 8.26. The van der Waals surface area contributed by atoms with Gasteiger partial charge in [0.15, 0.2) is 0 Å². The van der Waals surface area contributed by atoms with Gasteiger partial charge in [-0.25, -0.2) is 4.98 Å². The monoisotopic (exact) mass is 368 g/mol. The summed E-state index contributed by atoms with van der Waals surface area (Å²) >= 11 is 6.15. The van der Waals surface area contributed by atoms with Crippen LogP contribution in [0.1, 0.15) is 18.5 Å². The molecule has 26 heavy (non-hydrogen) atoms. The maximum atomic E-state index is 6.27. The van der Waals surface area contributed by atoms with E-state index in [1.807, 2.05) is 35.0 Å². The highest BCUT2D eigenvalue weighted by atomic mass is 35.5. The predicted octanol–water partition coefficient (Wildman–Crippen LogP) is 3.36. The second kappa shape index (κ2) is 6.65. The van der Waals surface area contributed by atoms with E-state index in [0.717, 1.165) is 55.1 Å². The Morgan fingerprint density at radius 2 is 2.23 bits per heavy atom. The highest BCUT2D eigenvalue weighted by Gasteiger charge is 2.36. The van der Waals surface area contributed by atoms with Gasteiger partial charge in [0, 0.05) is 30.8 Å². The summed E-state index contributed by atoms with van der Waals surface area (Å²) in [7, 11) is 0. The van der Waals surface area contributed by atoms with Gasteiger partial charge in [-0.1, -0.05) is 17.7 Å². The summed E-state index contributed by atoms with van der Waals surface area (Å²) in [5.74, 6) is 0.651. The minimum absolute atomic E-state index is 0.268. The molecule has 6 heteroatoms. The number of pyridine rings is 2. The zero-order valence-electron chi connectivity index (χ0n) is 14.4. The van der Waals surface area contributed by atoms with Crippen LogP contribution in [0.25, 0.3) is 17.0 Å². The first-order valence-corrected chi connectivity index (χ1v) is 9.59. The molecule has 5 rings (SSSR count). The van der Waals surface area contributed by atoms with Gasteiger partial charge in [-0.15, -0.1) is 0 Å². The second-order valence-corrected chi connectivity index (χ2v) is 7.66. The van der Waals surface area contributed by atoms with Crippen LogP contribution in [0.2, 0.25) is 5.02 Å². The third kappa shape index (κ3) is 3.00. The highest BCUT2D eigenvalue weighted by Crippen LogP contribution is 2.32. The van der Waals surface area contributed by atoms with Gasteiger partial charge in [0.05, 0.1) is 34.8 Å². The number of imidazole rings is 1. The first-order valence-electron chi connectivity index (χ1n) is 9.21. The standard InChI is InChI=1S/C20H21ClN4O/c21-14-4-5-20-23-11-18(25(20)12-14)17-3-1-2-15(24-17)9-16-8-13-10-22-7-6-19(13)26-16/h1-5,11-13,16,19,22H,6-10H2. The summed E-state index contributed by atoms with van der Waals surface area (Å²) in [5.41, 5.74) is 3.80. The minimum Gasteiger partial charge on any atom is -0.374 e. The summed E-state index contributed by atoms with van der Waals surface area (Å²) in [6.45, 7) is 2.15. The molecule has 0 aromatic carbocycles. The molecule has 2 fully saturated rings. The molecule has 0 amide bonds. The molecule has 0 aliphatic carbocycles. The number of hydrogen-bond acceptors (Lipinski definition) is 4. The van der Waals surface area contributed by atoms with Crippen molar-refractivity contribution in [3.8, 4) is 11.4 Å². The zero-order chi connectivity index (χ0) is 17.5. The lowest BCUT2D eigenvalue weighted by molar-refractivity contribution is 0.0228. The van der Waals surface area contributed by atoms with Crippen molar-refractivity contribution in [1.29, 1.82) is 0 Å². The van der Waals surface area contributed by atoms with Crippen LogP contribution in [0, 0.1) is 5.92 Å². The summed E-state index contributed by atoms with van der Waals surface area (Å²) in [5, 5.41) is 4.16. The fourth-order valence-corrected chi connectivity index (χ4v) is 4.36. The fourth-order valence-electron chi connectivity index (χ4n) is 4.20. The lowest BCUT2D eigenvalue weighted by atomic mass is 9.93. The van der Waals surface area contributed by atoms with Crippen LogP contribution in [-0.4, -0.2) is 39.7 Å². The molecule has 2 aliphatic rings. The molecule has 0 bridgehead atoms. The van der Waals surface area contributed by atoms with Gasteiger partial charge in [0.2, 0.25) is 0 Å². The van der Waals surface area contributed by atoms with E-state index in [-0.39, 0.29) is 6.10 Å². The van der Waals surface area contributed by atoms with Gasteiger partial charge in [0.25, 0.3) is 0 Å². The number of ether oxygens (including phenoxy) is 1. The summed E-state index contributed by atoms with van der Waals surface area (Å²) in [6.07, 6.45) is 7.52. The minimum atomic E-state index is 0.268. The average Bonchev–Trinajstić information content (AvgIpc) is 3.24. The average molecular weight is 369 g/mol. The Morgan fingerprint density at radius 3 is 3.15 bits per heavy atom. The maximum absolute atomic E-state index is 6.27. The van der Waals surface area contributed by atoms with E-state index in [1.54, 1.807) is 0 Å². The van der Waals surface area contributed by atoms with Gasteiger partial charge in [-0.05, 0) is 43.7 Å². The number of hydrogen-bond donors (Lipinski definition) is 1. The van der Waals surface area contributed by atoms with E-state index in [1.165, 1.54) is 0 Å². The molecule has 134 valence electrons. The molecule has 3 aromatic heterocycles. The lowest BCUT2D eigenvalue weighted by Gasteiger charge is -2.24. The van der Waals surface area contributed by atoms with E-state index in [2.05, 4.69) is 22.4 Å². The van der Waals surface area contributed by atoms with E-state index >= 15 is 0 Å². The molecule has 3 unspecified atom stereocenters. The van der Waals surface area contributed by atoms with Gasteiger partial charge >= 0.3 is 0 Å². The van der Waals surface area contributed by atoms with Crippen LogP contribution >= 0.6 is 11.6 Å². The van der Waals surface area contributed by atoms with Crippen molar-refractivity contribution < 1.29 is 4.74 Å². The van der Waals surface area contributed by atoms with Gasteiger partial charge < -0.3 is 10.1 Å². The van der Waals surface area contributed by atoms with E-state index < -0.39 is 0 Å². The normalized spacial score (nSPS) is 25.5.